The summed E-state index contributed by atoms with van der Waals surface area (Å²) >= 11 is 0. The van der Waals surface area contributed by atoms with Gasteiger partial charge in [-0.25, -0.2) is 4.79 Å². The zero-order chi connectivity index (χ0) is 17.9. The zero-order valence-corrected chi connectivity index (χ0v) is 13.4. The number of alkyl halides is 2. The summed E-state index contributed by atoms with van der Waals surface area (Å²) in [4.78, 5) is 24.2. The van der Waals surface area contributed by atoms with Crippen LogP contribution in [-0.2, 0) is 9.59 Å². The second kappa shape index (κ2) is 7.46. The Balaban J connectivity index is 2.27. The molecule has 6 nitrogen and oxygen atoms in total. The van der Waals surface area contributed by atoms with E-state index in [1.807, 2.05) is 0 Å². The molecular formula is C16H19F2NO5. The molecule has 132 valence electrons. The van der Waals surface area contributed by atoms with Crippen LogP contribution in [0.1, 0.15) is 31.7 Å². The fourth-order valence-electron chi connectivity index (χ4n) is 2.90. The van der Waals surface area contributed by atoms with Crippen LogP contribution in [0.5, 0.6) is 11.5 Å². The third-order valence-electron chi connectivity index (χ3n) is 3.95. The Morgan fingerprint density at radius 2 is 2.08 bits per heavy atom. The lowest BCUT2D eigenvalue weighted by Crippen LogP contribution is -2.39. The van der Waals surface area contributed by atoms with Crippen LogP contribution >= 0.6 is 0 Å². The molecule has 2 atom stereocenters. The van der Waals surface area contributed by atoms with Gasteiger partial charge in [-0.2, -0.15) is 8.78 Å². The molecule has 1 N–H and O–H groups in total. The number of hydrogen-bond donors (Lipinski definition) is 1. The van der Waals surface area contributed by atoms with E-state index < -0.39 is 18.6 Å². The molecule has 0 bridgehead atoms. The first kappa shape index (κ1) is 18.0. The van der Waals surface area contributed by atoms with Gasteiger partial charge in [-0.15, -0.1) is 0 Å². The van der Waals surface area contributed by atoms with Crippen molar-refractivity contribution in [2.45, 2.75) is 38.8 Å². The smallest absolute Gasteiger partial charge is 0.387 e. The van der Waals surface area contributed by atoms with Crippen molar-refractivity contribution in [3.63, 3.8) is 0 Å². The molecule has 1 amide bonds. The number of benzene rings is 1. The number of carboxylic acid groups (broad SMARTS) is 1. The third-order valence-corrected chi connectivity index (χ3v) is 3.95. The van der Waals surface area contributed by atoms with Gasteiger partial charge in [0.1, 0.15) is 6.04 Å². The molecule has 0 aliphatic carbocycles. The molecule has 0 spiro atoms. The van der Waals surface area contributed by atoms with Crippen molar-refractivity contribution in [1.82, 2.24) is 4.90 Å². The van der Waals surface area contributed by atoms with E-state index in [2.05, 4.69) is 4.74 Å². The summed E-state index contributed by atoms with van der Waals surface area (Å²) < 4.78 is 34.6. The summed E-state index contributed by atoms with van der Waals surface area (Å²) in [7, 11) is 0. The number of hydrogen-bond acceptors (Lipinski definition) is 4. The molecular weight excluding hydrogens is 324 g/mol. The van der Waals surface area contributed by atoms with E-state index in [1.165, 1.54) is 17.9 Å². The maximum Gasteiger partial charge on any atom is 0.387 e. The molecule has 2 unspecified atom stereocenters. The molecule has 24 heavy (non-hydrogen) atoms. The van der Waals surface area contributed by atoms with Crippen LogP contribution in [0, 0.1) is 0 Å². The van der Waals surface area contributed by atoms with Gasteiger partial charge < -0.3 is 19.5 Å². The summed E-state index contributed by atoms with van der Waals surface area (Å²) in [6.07, 6.45) is 0.259. The van der Waals surface area contributed by atoms with E-state index in [0.717, 1.165) is 5.56 Å². The molecule has 1 aromatic carbocycles. The maximum absolute atomic E-state index is 12.4. The zero-order valence-electron chi connectivity index (χ0n) is 13.4. The van der Waals surface area contributed by atoms with Crippen molar-refractivity contribution in [3.8, 4) is 11.5 Å². The molecule has 2 rings (SSSR count). The summed E-state index contributed by atoms with van der Waals surface area (Å²) in [5, 5.41) is 9.26. The number of aliphatic carboxylic acids is 1. The van der Waals surface area contributed by atoms with Crippen molar-refractivity contribution in [3.05, 3.63) is 23.8 Å². The number of nitrogens with zero attached hydrogens (tertiary/aromatic N) is 1. The predicted octanol–water partition coefficient (Wildman–Crippen LogP) is 2.48. The summed E-state index contributed by atoms with van der Waals surface area (Å²) in [6.45, 7) is 0.597. The third kappa shape index (κ3) is 3.93. The maximum atomic E-state index is 12.4. The van der Waals surface area contributed by atoms with Gasteiger partial charge in [-0.1, -0.05) is 6.07 Å². The highest BCUT2D eigenvalue weighted by molar-refractivity contribution is 5.83. The van der Waals surface area contributed by atoms with Gasteiger partial charge in [0.15, 0.2) is 11.5 Å². The number of carboxylic acids is 1. The van der Waals surface area contributed by atoms with Gasteiger partial charge in [0.2, 0.25) is 5.91 Å². The number of carbonyl (C=O) groups is 2. The number of carbonyl (C=O) groups excluding carboxylic acids is 1. The van der Waals surface area contributed by atoms with Crippen molar-refractivity contribution >= 4 is 11.9 Å². The average Bonchev–Trinajstić information content (AvgIpc) is 2.94. The molecule has 1 aromatic rings. The van der Waals surface area contributed by atoms with Crippen LogP contribution in [0.3, 0.4) is 0 Å². The molecule has 0 aromatic heterocycles. The largest absolute Gasteiger partial charge is 0.490 e. The number of ether oxygens (including phenoxy) is 2. The lowest BCUT2D eigenvalue weighted by molar-refractivity contribution is -0.147. The second-order valence-electron chi connectivity index (χ2n) is 5.48. The van der Waals surface area contributed by atoms with Crippen LogP contribution < -0.4 is 9.47 Å². The van der Waals surface area contributed by atoms with Crippen molar-refractivity contribution < 1.29 is 33.0 Å². The first-order valence-electron chi connectivity index (χ1n) is 7.55. The average molecular weight is 343 g/mol. The van der Waals surface area contributed by atoms with Crippen molar-refractivity contribution in [2.75, 3.05) is 13.2 Å². The first-order chi connectivity index (χ1) is 11.3. The molecule has 1 aliphatic heterocycles. The van der Waals surface area contributed by atoms with Gasteiger partial charge in [-0.3, -0.25) is 4.79 Å². The van der Waals surface area contributed by atoms with Crippen LogP contribution in [0.25, 0.3) is 0 Å². The van der Waals surface area contributed by atoms with Crippen molar-refractivity contribution in [1.29, 1.82) is 0 Å². The Kier molecular flexibility index (Phi) is 5.58. The van der Waals surface area contributed by atoms with Gasteiger partial charge in [0.25, 0.3) is 0 Å². The Bertz CT molecular complexity index is 600. The minimum atomic E-state index is -2.97. The van der Waals surface area contributed by atoms with Gasteiger partial charge in [-0.05, 0) is 31.0 Å². The highest BCUT2D eigenvalue weighted by Crippen LogP contribution is 2.37. The number of rotatable bonds is 6. The number of likely N-dealkylation sites (tertiary alicyclic amines) is 1. The fraction of sp³-hybridized carbons (Fsp3) is 0.500. The van der Waals surface area contributed by atoms with E-state index in [9.17, 15) is 23.5 Å². The monoisotopic (exact) mass is 343 g/mol. The van der Waals surface area contributed by atoms with E-state index in [-0.39, 0.29) is 42.9 Å². The molecule has 1 aliphatic rings. The van der Waals surface area contributed by atoms with Crippen LogP contribution in [-0.4, -0.2) is 47.7 Å². The molecule has 8 heteroatoms. The van der Waals surface area contributed by atoms with Crippen LogP contribution in [0.15, 0.2) is 18.2 Å². The standard InChI is InChI=1S/C16H19F2NO5/c1-3-23-14-7-10(4-5-13(14)24-16(17)18)11-6-12(15(21)22)19(8-11)9(2)20/h4-5,7,11-12,16H,3,6,8H2,1-2H3,(H,21,22). The lowest BCUT2D eigenvalue weighted by Gasteiger charge is -2.19. The Labute approximate surface area is 138 Å². The second-order valence-corrected chi connectivity index (χ2v) is 5.48. The Morgan fingerprint density at radius 3 is 2.58 bits per heavy atom. The number of amides is 1. The van der Waals surface area contributed by atoms with Crippen LogP contribution in [0.4, 0.5) is 8.78 Å². The van der Waals surface area contributed by atoms with E-state index in [0.29, 0.717) is 0 Å². The summed E-state index contributed by atoms with van der Waals surface area (Å²) in [6, 6.07) is 3.64. The molecule has 1 heterocycles. The van der Waals surface area contributed by atoms with Gasteiger partial charge in [0, 0.05) is 19.4 Å². The van der Waals surface area contributed by atoms with E-state index >= 15 is 0 Å². The quantitative estimate of drug-likeness (QED) is 0.859. The Hall–Kier alpha value is -2.38. The van der Waals surface area contributed by atoms with Gasteiger partial charge in [0.05, 0.1) is 6.61 Å². The van der Waals surface area contributed by atoms with Crippen LogP contribution in [0.2, 0.25) is 0 Å². The highest BCUT2D eigenvalue weighted by Gasteiger charge is 2.39. The molecule has 0 saturated carbocycles. The summed E-state index contributed by atoms with van der Waals surface area (Å²) in [5.74, 6) is -1.49. The lowest BCUT2D eigenvalue weighted by atomic mass is 9.96. The SMILES string of the molecule is CCOc1cc(C2CC(C(=O)O)N(C(C)=O)C2)ccc1OC(F)F. The summed E-state index contributed by atoms with van der Waals surface area (Å²) in [5.41, 5.74) is 0.718. The van der Waals surface area contributed by atoms with E-state index in [1.54, 1.807) is 19.1 Å². The van der Waals surface area contributed by atoms with Gasteiger partial charge >= 0.3 is 12.6 Å². The normalized spacial score (nSPS) is 20.3. The van der Waals surface area contributed by atoms with E-state index in [4.69, 9.17) is 4.74 Å². The number of halogens is 2. The highest BCUT2D eigenvalue weighted by atomic mass is 19.3. The molecule has 1 fully saturated rings. The fourth-order valence-corrected chi connectivity index (χ4v) is 2.90. The first-order valence-corrected chi connectivity index (χ1v) is 7.55. The molecule has 1 saturated heterocycles. The topological polar surface area (TPSA) is 76.1 Å². The minimum Gasteiger partial charge on any atom is -0.490 e. The predicted molar refractivity (Wildman–Crippen MR) is 80.4 cm³/mol. The van der Waals surface area contributed by atoms with Crippen molar-refractivity contribution in [2.24, 2.45) is 0 Å². The minimum absolute atomic E-state index is 0.0770. The molecule has 0 radical (unpaired) electrons. The Morgan fingerprint density at radius 1 is 1.38 bits per heavy atom.